The van der Waals surface area contributed by atoms with Gasteiger partial charge in [-0.05, 0) is 37.7 Å². The molecule has 1 saturated heterocycles. The molecule has 1 amide bonds. The van der Waals surface area contributed by atoms with Crippen molar-refractivity contribution >= 4 is 5.91 Å². The van der Waals surface area contributed by atoms with Gasteiger partial charge in [-0.15, -0.1) is 0 Å². The largest absolute Gasteiger partial charge is 0.342 e. The van der Waals surface area contributed by atoms with Crippen molar-refractivity contribution in [2.75, 3.05) is 19.6 Å². The van der Waals surface area contributed by atoms with E-state index in [0.717, 1.165) is 38.8 Å². The minimum atomic E-state index is 0.260. The molecule has 1 N–H and O–H groups in total. The molecular weight excluding hydrogens is 248 g/mol. The lowest BCUT2D eigenvalue weighted by molar-refractivity contribution is -0.131. The van der Waals surface area contributed by atoms with E-state index in [4.69, 9.17) is 0 Å². The normalized spacial score (nSPS) is 16.9. The molecule has 1 aromatic rings. The predicted octanol–water partition coefficient (Wildman–Crippen LogP) is 2.61. The molecule has 0 radical (unpaired) electrons. The third-order valence-electron chi connectivity index (χ3n) is 4.07. The zero-order chi connectivity index (χ0) is 14.2. The fraction of sp³-hybridized carbons (Fsp3) is 0.588. The van der Waals surface area contributed by atoms with Crippen molar-refractivity contribution in [1.29, 1.82) is 0 Å². The smallest absolute Gasteiger partial charge is 0.236 e. The van der Waals surface area contributed by atoms with E-state index in [1.54, 1.807) is 0 Å². The van der Waals surface area contributed by atoms with Crippen molar-refractivity contribution in [2.45, 2.75) is 45.1 Å². The van der Waals surface area contributed by atoms with Crippen LogP contribution < -0.4 is 5.32 Å². The van der Waals surface area contributed by atoms with Gasteiger partial charge in [-0.3, -0.25) is 4.79 Å². The van der Waals surface area contributed by atoms with Gasteiger partial charge in [-0.2, -0.15) is 0 Å². The van der Waals surface area contributed by atoms with E-state index in [2.05, 4.69) is 36.5 Å². The molecule has 3 heteroatoms. The first-order valence-electron chi connectivity index (χ1n) is 7.84. The monoisotopic (exact) mass is 274 g/mol. The zero-order valence-corrected chi connectivity index (χ0v) is 12.5. The molecule has 0 saturated carbocycles. The molecule has 1 aromatic carbocycles. The van der Waals surface area contributed by atoms with Crippen molar-refractivity contribution in [3.63, 3.8) is 0 Å². The van der Waals surface area contributed by atoms with E-state index in [1.165, 1.54) is 12.0 Å². The molecule has 0 spiro atoms. The molecular formula is C17H26N2O. The average Bonchev–Trinajstić information content (AvgIpc) is 2.53. The third kappa shape index (κ3) is 4.64. The fourth-order valence-electron chi connectivity index (χ4n) is 2.75. The second-order valence-electron chi connectivity index (χ2n) is 5.62. The van der Waals surface area contributed by atoms with Crippen LogP contribution >= 0.6 is 0 Å². The predicted molar refractivity (Wildman–Crippen MR) is 82.7 cm³/mol. The summed E-state index contributed by atoms with van der Waals surface area (Å²) in [6.07, 6.45) is 5.62. The van der Waals surface area contributed by atoms with Gasteiger partial charge in [0.25, 0.3) is 0 Å². The molecule has 20 heavy (non-hydrogen) atoms. The minimum Gasteiger partial charge on any atom is -0.342 e. The highest BCUT2D eigenvalue weighted by atomic mass is 16.2. The lowest BCUT2D eigenvalue weighted by Crippen LogP contribution is -2.44. The Balaban J connectivity index is 1.77. The number of nitrogens with one attached hydrogen (secondary N) is 1. The second-order valence-corrected chi connectivity index (χ2v) is 5.62. The summed E-state index contributed by atoms with van der Waals surface area (Å²) in [6, 6.07) is 10.9. The Morgan fingerprint density at radius 2 is 1.90 bits per heavy atom. The number of hydrogen-bond acceptors (Lipinski definition) is 2. The number of carbonyl (C=O) groups excluding carboxylic acids is 1. The van der Waals surface area contributed by atoms with Crippen molar-refractivity contribution in [2.24, 2.45) is 0 Å². The van der Waals surface area contributed by atoms with E-state index >= 15 is 0 Å². The zero-order valence-electron chi connectivity index (χ0n) is 12.5. The number of benzene rings is 1. The molecule has 1 aliphatic rings. The highest BCUT2D eigenvalue weighted by molar-refractivity contribution is 5.78. The van der Waals surface area contributed by atoms with Crippen molar-refractivity contribution < 1.29 is 4.79 Å². The number of likely N-dealkylation sites (tertiary alicyclic amines) is 1. The van der Waals surface area contributed by atoms with Gasteiger partial charge in [0.1, 0.15) is 0 Å². The minimum absolute atomic E-state index is 0.260. The molecule has 1 heterocycles. The number of piperidine rings is 1. The molecule has 0 aliphatic carbocycles. The SMILES string of the molecule is CCC(Cc1ccccc1)NCC(=O)N1CCCCC1. The summed E-state index contributed by atoms with van der Waals surface area (Å²) < 4.78 is 0. The number of amides is 1. The topological polar surface area (TPSA) is 32.3 Å². The summed E-state index contributed by atoms with van der Waals surface area (Å²) in [7, 11) is 0. The molecule has 1 aliphatic heterocycles. The van der Waals surface area contributed by atoms with Gasteiger partial charge in [0.15, 0.2) is 0 Å². The molecule has 110 valence electrons. The summed E-state index contributed by atoms with van der Waals surface area (Å²) in [5, 5.41) is 3.42. The summed E-state index contributed by atoms with van der Waals surface area (Å²) in [5.74, 6) is 0.260. The lowest BCUT2D eigenvalue weighted by Gasteiger charge is -2.27. The molecule has 1 unspecified atom stereocenters. The number of rotatable bonds is 6. The van der Waals surface area contributed by atoms with Crippen LogP contribution in [0.25, 0.3) is 0 Å². The first-order valence-corrected chi connectivity index (χ1v) is 7.84. The van der Waals surface area contributed by atoms with Gasteiger partial charge in [-0.25, -0.2) is 0 Å². The van der Waals surface area contributed by atoms with Crippen LogP contribution in [0.5, 0.6) is 0 Å². The van der Waals surface area contributed by atoms with Crippen LogP contribution in [0.3, 0.4) is 0 Å². The van der Waals surface area contributed by atoms with Crippen molar-refractivity contribution in [1.82, 2.24) is 10.2 Å². The van der Waals surface area contributed by atoms with Gasteiger partial charge < -0.3 is 10.2 Å². The van der Waals surface area contributed by atoms with E-state index < -0.39 is 0 Å². The molecule has 1 atom stereocenters. The number of carbonyl (C=O) groups is 1. The van der Waals surface area contributed by atoms with Crippen LogP contribution in [0.4, 0.5) is 0 Å². The van der Waals surface area contributed by atoms with Gasteiger partial charge in [-0.1, -0.05) is 37.3 Å². The van der Waals surface area contributed by atoms with Crippen molar-refractivity contribution in [3.05, 3.63) is 35.9 Å². The third-order valence-corrected chi connectivity index (χ3v) is 4.07. The van der Waals surface area contributed by atoms with Gasteiger partial charge in [0, 0.05) is 19.1 Å². The van der Waals surface area contributed by atoms with Crippen LogP contribution in [0.1, 0.15) is 38.2 Å². The lowest BCUT2D eigenvalue weighted by atomic mass is 10.0. The van der Waals surface area contributed by atoms with E-state index in [9.17, 15) is 4.79 Å². The summed E-state index contributed by atoms with van der Waals surface area (Å²) in [4.78, 5) is 14.1. The molecule has 0 aromatic heterocycles. The van der Waals surface area contributed by atoms with Crippen LogP contribution in [0.15, 0.2) is 30.3 Å². The Morgan fingerprint density at radius 1 is 1.20 bits per heavy atom. The number of nitrogens with zero attached hydrogens (tertiary/aromatic N) is 1. The highest BCUT2D eigenvalue weighted by Gasteiger charge is 2.17. The second kappa shape index (κ2) is 8.05. The molecule has 0 bridgehead atoms. The van der Waals surface area contributed by atoms with E-state index in [-0.39, 0.29) is 5.91 Å². The molecule has 3 nitrogen and oxygen atoms in total. The first kappa shape index (κ1) is 15.0. The van der Waals surface area contributed by atoms with Crippen LogP contribution in [0.2, 0.25) is 0 Å². The Bertz CT molecular complexity index is 399. The molecule has 2 rings (SSSR count). The van der Waals surface area contributed by atoms with Crippen LogP contribution in [-0.4, -0.2) is 36.5 Å². The fourth-order valence-corrected chi connectivity index (χ4v) is 2.75. The van der Waals surface area contributed by atoms with Crippen molar-refractivity contribution in [3.8, 4) is 0 Å². The maximum atomic E-state index is 12.1. The Morgan fingerprint density at radius 3 is 2.55 bits per heavy atom. The van der Waals surface area contributed by atoms with Gasteiger partial charge in [0.05, 0.1) is 6.54 Å². The average molecular weight is 274 g/mol. The Kier molecular flexibility index (Phi) is 6.06. The van der Waals surface area contributed by atoms with Crippen LogP contribution in [-0.2, 0) is 11.2 Å². The first-order chi connectivity index (χ1) is 9.79. The van der Waals surface area contributed by atoms with Gasteiger partial charge >= 0.3 is 0 Å². The van der Waals surface area contributed by atoms with Crippen LogP contribution in [0, 0.1) is 0 Å². The quantitative estimate of drug-likeness (QED) is 0.865. The summed E-state index contributed by atoms with van der Waals surface area (Å²) in [6.45, 7) is 4.53. The van der Waals surface area contributed by atoms with Gasteiger partial charge in [0.2, 0.25) is 5.91 Å². The highest BCUT2D eigenvalue weighted by Crippen LogP contribution is 2.09. The maximum Gasteiger partial charge on any atom is 0.236 e. The summed E-state index contributed by atoms with van der Waals surface area (Å²) in [5.41, 5.74) is 1.33. The van der Waals surface area contributed by atoms with E-state index in [1.807, 2.05) is 11.0 Å². The Hall–Kier alpha value is -1.35. The summed E-state index contributed by atoms with van der Waals surface area (Å²) >= 11 is 0. The maximum absolute atomic E-state index is 12.1. The molecule has 1 fully saturated rings. The Labute approximate surface area is 122 Å². The number of hydrogen-bond donors (Lipinski definition) is 1. The van der Waals surface area contributed by atoms with E-state index in [0.29, 0.717) is 12.6 Å². The standard InChI is InChI=1S/C17H26N2O/c1-2-16(13-15-9-5-3-6-10-15)18-14-17(20)19-11-7-4-8-12-19/h3,5-6,9-10,16,18H,2,4,7-8,11-14H2,1H3.